The van der Waals surface area contributed by atoms with Gasteiger partial charge in [-0.25, -0.2) is 43.6 Å². The Labute approximate surface area is 610 Å². The molecule has 0 spiro atoms. The molecule has 38 nitrogen and oxygen atoms in total. The predicted molar refractivity (Wildman–Crippen MR) is 376 cm³/mol. The normalized spacial score (nSPS) is 11.7. The number of carbonyl (C=O) groups excluding carboxylic acids is 3. The maximum atomic E-state index is 13.3. The monoisotopic (exact) mass is 1610 g/mol. The summed E-state index contributed by atoms with van der Waals surface area (Å²) in [7, 11) is -0.0894. The number of esters is 3. The average molecular weight is 1610 g/mol. The van der Waals surface area contributed by atoms with Crippen LogP contribution in [-0.4, -0.2) is 197 Å². The fraction of sp³-hybridized carbons (Fsp3) is 0.302. The second kappa shape index (κ2) is 43.7. The molecule has 6 heterocycles. The third-order valence-electron chi connectivity index (χ3n) is 13.0. The van der Waals surface area contributed by atoms with Crippen molar-refractivity contribution in [2.45, 2.75) is 38.1 Å². The fourth-order valence-corrected chi connectivity index (χ4v) is 9.86. The van der Waals surface area contributed by atoms with Crippen molar-refractivity contribution >= 4 is 105 Å². The average Bonchev–Trinajstić information content (AvgIpc) is 1.65. The second-order valence-corrected chi connectivity index (χ2v) is 22.8. The maximum Gasteiger partial charge on any atom is 0.345 e. The van der Waals surface area contributed by atoms with Crippen LogP contribution in [0.25, 0.3) is 16.6 Å². The largest absolute Gasteiger partial charge is 0.504 e. The molecule has 0 radical (unpaired) electrons. The number of anilines is 2. The number of aromatic carboxylic acids is 1. The van der Waals surface area contributed by atoms with Crippen LogP contribution in [-0.2, 0) is 28.8 Å². The summed E-state index contributed by atoms with van der Waals surface area (Å²) in [5.41, 5.74) is 17.0. The number of hydrogen-bond donors (Lipinski definition) is 8. The summed E-state index contributed by atoms with van der Waals surface area (Å²) in [4.78, 5) is 78.6. The van der Waals surface area contributed by atoms with Gasteiger partial charge in [-0.2, -0.15) is 4.52 Å². The second-order valence-electron chi connectivity index (χ2n) is 19.4. The van der Waals surface area contributed by atoms with Gasteiger partial charge >= 0.3 is 23.9 Å². The van der Waals surface area contributed by atoms with E-state index in [2.05, 4.69) is 61.3 Å². The first-order valence-electron chi connectivity index (χ1n) is 29.3. The van der Waals surface area contributed by atoms with E-state index in [1.165, 1.54) is 55.1 Å². The lowest BCUT2D eigenvalue weighted by Crippen LogP contribution is -2.24. The van der Waals surface area contributed by atoms with Crippen molar-refractivity contribution in [3.05, 3.63) is 146 Å². The Morgan fingerprint density at radius 2 is 1.06 bits per heavy atom. The van der Waals surface area contributed by atoms with E-state index in [1.54, 1.807) is 48.5 Å². The molecule has 0 atom stereocenters. The summed E-state index contributed by atoms with van der Waals surface area (Å²) in [5.74, 6) is 0.421. The molecule has 0 bridgehead atoms. The number of phenolic OH excluding ortho intramolecular Hbond substituents is 2. The number of alkyl halides is 2. The van der Waals surface area contributed by atoms with Gasteiger partial charge < -0.3 is 93.8 Å². The van der Waals surface area contributed by atoms with Gasteiger partial charge in [0.05, 0.1) is 65.1 Å². The number of aromatic hydroxyl groups is 2. The van der Waals surface area contributed by atoms with E-state index < -0.39 is 49.5 Å². The first kappa shape index (κ1) is 88.2. The topological polar surface area (TPSA) is 560 Å². The molecule has 4 aliphatic rings. The number of ether oxygens (including phenoxy) is 11. The molecule has 6 aromatic carbocycles. The highest BCUT2D eigenvalue weighted by molar-refractivity contribution is 9.11. The molecule has 0 fully saturated rings. The minimum absolute atomic E-state index is 0. The van der Waals surface area contributed by atoms with Crippen molar-refractivity contribution in [1.82, 2.24) is 19.8 Å². The molecule has 104 heavy (non-hydrogen) atoms. The number of rotatable bonds is 11. The number of carboxylic acid groups (broad SMARTS) is 2. The van der Waals surface area contributed by atoms with Crippen LogP contribution in [0.3, 0.4) is 0 Å². The van der Waals surface area contributed by atoms with Crippen molar-refractivity contribution in [3.63, 3.8) is 0 Å². The number of phenols is 2. The lowest BCUT2D eigenvalue weighted by atomic mass is 10.1. The van der Waals surface area contributed by atoms with E-state index in [0.29, 0.717) is 134 Å². The first-order chi connectivity index (χ1) is 48.7. The summed E-state index contributed by atoms with van der Waals surface area (Å²) in [5, 5.41) is 68.8. The minimum Gasteiger partial charge on any atom is -0.504 e. The number of nitrogens with zero attached hydrogens (tertiary/aromatic N) is 7. The Bertz CT molecular complexity index is 4330. The number of nitrogen functional groups attached to an aromatic ring is 1. The SMILES string of the molecule is BrCCBr.C.CC(=O)O.CCN(CC)c1nc2c(S(=O)(=O)c3ccccc3)nnn2c2cc3c(cc12)OCCO3.COC(=O)c1cc2c(cc1N)OCCO2.COC(=O)c1cc2c(cc1[N+](=O)[O-])OCCO2.COC(=O)c1ccc2c(c1)OCCO2.N=N.O.O=C(O)c1ccc(O)c(O)c1.O=[N+]([O-])O.[HH]. The zero-order valence-corrected chi connectivity index (χ0v) is 59.4. The fourth-order valence-electron chi connectivity index (χ4n) is 8.60. The quantitative estimate of drug-likeness (QED) is 0.00875. The van der Waals surface area contributed by atoms with Crippen LogP contribution in [0.1, 0.15) is 71.1 Å². The van der Waals surface area contributed by atoms with E-state index in [1.807, 2.05) is 19.9 Å². The highest BCUT2D eigenvalue weighted by Crippen LogP contribution is 2.41. The number of benzene rings is 6. The summed E-state index contributed by atoms with van der Waals surface area (Å²) >= 11 is 6.40. The molecule has 4 aliphatic heterocycles. The highest BCUT2D eigenvalue weighted by Gasteiger charge is 2.30. The molecule has 0 saturated heterocycles. The molecule has 41 heteroatoms. The molecule has 0 saturated carbocycles. The Kier molecular flexibility index (Phi) is 37.1. The molecule has 0 amide bonds. The summed E-state index contributed by atoms with van der Waals surface area (Å²) in [6.45, 7) is 10.1. The molecule has 8 aromatic rings. The Hall–Kier alpha value is -11.8. The van der Waals surface area contributed by atoms with Gasteiger partial charge in [0.2, 0.25) is 14.9 Å². The first-order valence-corrected chi connectivity index (χ1v) is 33.0. The molecule has 12 rings (SSSR count). The van der Waals surface area contributed by atoms with Crippen LogP contribution in [0.5, 0.6) is 57.5 Å². The molecule has 2 aromatic heterocycles. The molecular formula is C63H76Br2N10O28S. The smallest absolute Gasteiger partial charge is 0.345 e. The van der Waals surface area contributed by atoms with Gasteiger partial charge in [0.15, 0.2) is 63.1 Å². The number of nitrogens with one attached hydrogen (secondary N) is 2. The number of nitro benzene ring substituents is 1. The van der Waals surface area contributed by atoms with Crippen molar-refractivity contribution in [3.8, 4) is 57.5 Å². The number of hydrogen-bond acceptors (Lipinski definition) is 31. The van der Waals surface area contributed by atoms with Gasteiger partial charge in [-0.15, -0.1) is 15.2 Å². The zero-order valence-electron chi connectivity index (χ0n) is 55.4. The van der Waals surface area contributed by atoms with Gasteiger partial charge in [-0.1, -0.05) is 62.7 Å². The number of aromatic nitrogens is 4. The van der Waals surface area contributed by atoms with Crippen LogP contribution >= 0.6 is 31.9 Å². The third-order valence-corrected chi connectivity index (χ3v) is 16.5. The van der Waals surface area contributed by atoms with Crippen molar-refractivity contribution in [1.29, 1.82) is 11.1 Å². The number of aliphatic carboxylic acids is 1. The minimum atomic E-state index is -3.90. The molecule has 0 unspecified atom stereocenters. The van der Waals surface area contributed by atoms with Crippen LogP contribution in [0.4, 0.5) is 17.2 Å². The van der Waals surface area contributed by atoms with Gasteiger partial charge in [-0.05, 0) is 68.4 Å². The van der Waals surface area contributed by atoms with Crippen LogP contribution < -0.4 is 48.5 Å². The van der Waals surface area contributed by atoms with Crippen molar-refractivity contribution in [2.75, 3.05) is 109 Å². The van der Waals surface area contributed by atoms with Gasteiger partial charge in [-0.3, -0.25) is 14.9 Å². The number of fused-ring (bicyclic) bond motifs is 7. The number of nitro groups is 1. The molecule has 566 valence electrons. The standard InChI is InChI=1S/C21H21N5O4S.C10H9NO6.C10H11NO4.C10H10O4.C7H6O4.C2H4Br2.C2H4O2.CH4.H2N2.HNO3.H2O.H2/c1-3-25(4-2)19-15-12-17-18(30-11-10-29-17)13-16(15)26-20(22-19)21(23-24-26)31(27,28)14-8-6-5-7-9-14;1-15-10(12)6-4-8-9(17-3-2-16-8)5-7(6)11(13)14;1-13-10(12)6-4-8-9(5-7(6)11)15-3-2-14-8;1-12-10(11)7-2-3-8-9(6-7)14-5-4-13-8;8-5-2-1-4(7(10)11)3-6(5)9;3-1-2-4;1-2(3)4;;1-2;2-1(3)4;;/h5-9,12-13H,3-4,10-11H2,1-2H3;4-5H,2-3H2,1H3;4-5H,2-3,11H2,1H3;2-3,6H,4-5H2,1H3;1-3,8-9H,(H,10,11);1-2H2;1H3,(H,3,4);1H4;1-2H;(H,2,3,4);1H2;1H. The van der Waals surface area contributed by atoms with E-state index in [-0.39, 0.29) is 64.2 Å². The molecular weight excluding hydrogens is 1540 g/mol. The number of sulfone groups is 1. The summed E-state index contributed by atoms with van der Waals surface area (Å²) in [6, 6.07) is 25.7. The van der Waals surface area contributed by atoms with E-state index >= 15 is 0 Å². The van der Waals surface area contributed by atoms with Crippen molar-refractivity contribution in [2.24, 2.45) is 0 Å². The number of carboxylic acids is 2. The van der Waals surface area contributed by atoms with Crippen molar-refractivity contribution < 1.29 is 127 Å². The van der Waals surface area contributed by atoms with Crippen LogP contribution in [0, 0.1) is 31.3 Å². The summed E-state index contributed by atoms with van der Waals surface area (Å²) in [6.07, 6.45) is 0. The Morgan fingerprint density at radius 1 is 0.635 bits per heavy atom. The number of halogens is 2. The lowest BCUT2D eigenvalue weighted by Gasteiger charge is -2.24. The van der Waals surface area contributed by atoms with E-state index in [4.69, 9.17) is 100 Å². The third kappa shape index (κ3) is 24.7. The lowest BCUT2D eigenvalue weighted by molar-refractivity contribution is -0.742. The maximum absolute atomic E-state index is 13.3. The number of carbonyl (C=O) groups is 5. The predicted octanol–water partition coefficient (Wildman–Crippen LogP) is 8.92. The Morgan fingerprint density at radius 3 is 1.51 bits per heavy atom. The number of methoxy groups -OCH3 is 3. The molecule has 11 N–H and O–H groups in total. The summed E-state index contributed by atoms with van der Waals surface area (Å²) < 4.78 is 84.9. The van der Waals surface area contributed by atoms with Gasteiger partial charge in [0.25, 0.3) is 16.7 Å². The van der Waals surface area contributed by atoms with Gasteiger partial charge in [0, 0.05) is 61.8 Å². The van der Waals surface area contributed by atoms with Crippen LogP contribution in [0.15, 0.2) is 113 Å². The zero-order chi connectivity index (χ0) is 75.8. The van der Waals surface area contributed by atoms with E-state index in [9.17, 15) is 37.7 Å². The van der Waals surface area contributed by atoms with Crippen LogP contribution in [0.2, 0.25) is 0 Å². The Balaban J connectivity index is 0.000000649. The number of nitrogens with two attached hydrogens (primary N) is 1. The van der Waals surface area contributed by atoms with E-state index in [0.717, 1.165) is 42.2 Å². The molecule has 0 aliphatic carbocycles. The highest BCUT2D eigenvalue weighted by atomic mass is 79.9. The van der Waals surface area contributed by atoms with Gasteiger partial charge in [0.1, 0.15) is 64.2 Å².